The number of pyridine rings is 1. The average Bonchev–Trinajstić information content (AvgIpc) is 3.32. The molecule has 1 aromatic heterocycles. The SMILES string of the molecule is CC(C)(C)NC(=O)[C@@H]1CN(Cc2cccnc2)CCN1CC(O)C[C@@H](Cc1ccccc1)C(=O)N[C@H]1c2ccccc2C[C@H]1O. The number of carbonyl (C=O) groups is 2. The predicted molar refractivity (Wildman–Crippen MR) is 174 cm³/mol. The van der Waals surface area contributed by atoms with Gasteiger partial charge in [-0.2, -0.15) is 0 Å². The number of nitrogens with one attached hydrogen (secondary N) is 2. The molecule has 2 aromatic carbocycles. The van der Waals surface area contributed by atoms with Gasteiger partial charge in [-0.15, -0.1) is 0 Å². The number of hydrogen-bond acceptors (Lipinski definition) is 7. The van der Waals surface area contributed by atoms with Crippen molar-refractivity contribution in [3.8, 4) is 0 Å². The van der Waals surface area contributed by atoms with E-state index in [1.54, 1.807) is 6.20 Å². The standard InChI is InChI=1S/C36H47N5O4/c1-36(2,3)39-35(45)31-24-40(22-26-12-9-15-37-21-26)16-17-41(31)23-29(42)19-28(18-25-10-5-4-6-11-25)34(44)38-33-30-14-8-7-13-27(30)20-32(33)43/h4-15,21,28-29,31-33,42-43H,16-20,22-24H2,1-3H3,(H,38,44)(H,39,45)/t28-,29?,31+,32-,33+/m1/s1. The molecule has 45 heavy (non-hydrogen) atoms. The van der Waals surface area contributed by atoms with Crippen LogP contribution in [0.1, 0.15) is 55.5 Å². The van der Waals surface area contributed by atoms with Crippen LogP contribution in [-0.4, -0.2) is 86.8 Å². The normalized spacial score (nSPS) is 21.9. The molecular formula is C36H47N5O4. The third kappa shape index (κ3) is 8.98. The van der Waals surface area contributed by atoms with Gasteiger partial charge in [-0.05, 0) is 61.9 Å². The van der Waals surface area contributed by atoms with Gasteiger partial charge in [-0.1, -0.05) is 60.7 Å². The Balaban J connectivity index is 1.29. The van der Waals surface area contributed by atoms with Crippen LogP contribution in [0.2, 0.25) is 0 Å². The van der Waals surface area contributed by atoms with Crippen LogP contribution in [0.3, 0.4) is 0 Å². The van der Waals surface area contributed by atoms with Crippen LogP contribution in [0.5, 0.6) is 0 Å². The minimum Gasteiger partial charge on any atom is -0.392 e. The molecule has 1 saturated heterocycles. The summed E-state index contributed by atoms with van der Waals surface area (Å²) >= 11 is 0. The van der Waals surface area contributed by atoms with Gasteiger partial charge in [0.05, 0.1) is 18.2 Å². The number of β-amino-alcohol motifs (C(OH)–C–C–N with tert-alkyl or cyclic N) is 1. The van der Waals surface area contributed by atoms with Gasteiger partial charge >= 0.3 is 0 Å². The molecule has 2 heterocycles. The third-order valence-corrected chi connectivity index (χ3v) is 8.70. The van der Waals surface area contributed by atoms with Crippen molar-refractivity contribution in [3.05, 3.63) is 101 Å². The Kier molecular flexibility index (Phi) is 10.7. The van der Waals surface area contributed by atoms with Crippen molar-refractivity contribution < 1.29 is 19.8 Å². The first kappa shape index (κ1) is 32.8. The lowest BCUT2D eigenvalue weighted by Gasteiger charge is -2.42. The Morgan fingerprint density at radius 2 is 1.73 bits per heavy atom. The molecule has 240 valence electrons. The molecule has 1 unspecified atom stereocenters. The van der Waals surface area contributed by atoms with E-state index in [2.05, 4.69) is 25.4 Å². The lowest BCUT2D eigenvalue weighted by atomic mass is 9.91. The maximum Gasteiger partial charge on any atom is 0.239 e. The van der Waals surface area contributed by atoms with Crippen LogP contribution in [0, 0.1) is 5.92 Å². The molecule has 5 atom stereocenters. The van der Waals surface area contributed by atoms with Crippen molar-refractivity contribution in [2.75, 3.05) is 26.2 Å². The number of aliphatic hydroxyl groups is 2. The number of aromatic nitrogens is 1. The zero-order valence-corrected chi connectivity index (χ0v) is 26.6. The van der Waals surface area contributed by atoms with Crippen molar-refractivity contribution >= 4 is 11.8 Å². The molecule has 0 spiro atoms. The molecule has 1 aliphatic carbocycles. The van der Waals surface area contributed by atoms with Gasteiger partial charge in [0.1, 0.15) is 6.04 Å². The highest BCUT2D eigenvalue weighted by Crippen LogP contribution is 2.32. The summed E-state index contributed by atoms with van der Waals surface area (Å²) in [6.45, 7) is 8.74. The van der Waals surface area contributed by atoms with E-state index in [0.29, 0.717) is 32.5 Å². The minimum absolute atomic E-state index is 0.0712. The summed E-state index contributed by atoms with van der Waals surface area (Å²) in [5.74, 6) is -0.781. The van der Waals surface area contributed by atoms with E-state index < -0.39 is 35.7 Å². The summed E-state index contributed by atoms with van der Waals surface area (Å²) in [6, 6.07) is 20.6. The van der Waals surface area contributed by atoms with Gasteiger partial charge in [0.15, 0.2) is 0 Å². The molecule has 1 aliphatic heterocycles. The maximum atomic E-state index is 13.8. The largest absolute Gasteiger partial charge is 0.392 e. The van der Waals surface area contributed by atoms with Crippen LogP contribution < -0.4 is 10.6 Å². The number of fused-ring (bicyclic) bond motifs is 1. The first-order chi connectivity index (χ1) is 21.6. The lowest BCUT2D eigenvalue weighted by molar-refractivity contribution is -0.132. The molecule has 2 aliphatic rings. The molecule has 4 N–H and O–H groups in total. The van der Waals surface area contributed by atoms with E-state index in [9.17, 15) is 19.8 Å². The van der Waals surface area contributed by atoms with Crippen molar-refractivity contribution in [2.45, 2.75) is 76.4 Å². The summed E-state index contributed by atoms with van der Waals surface area (Å²) in [6.07, 6.45) is 3.26. The molecule has 0 radical (unpaired) electrons. The van der Waals surface area contributed by atoms with Crippen molar-refractivity contribution in [3.63, 3.8) is 0 Å². The molecule has 3 aromatic rings. The van der Waals surface area contributed by atoms with Crippen molar-refractivity contribution in [2.24, 2.45) is 5.92 Å². The Hall–Kier alpha value is -3.63. The van der Waals surface area contributed by atoms with Gasteiger partial charge in [0, 0.05) is 63.0 Å². The number of nitrogens with zero attached hydrogens (tertiary/aromatic N) is 3. The minimum atomic E-state index is -0.833. The fourth-order valence-electron chi connectivity index (χ4n) is 6.56. The summed E-state index contributed by atoms with van der Waals surface area (Å²) in [5, 5.41) is 28.5. The molecule has 5 rings (SSSR count). The highest BCUT2D eigenvalue weighted by atomic mass is 16.3. The summed E-state index contributed by atoms with van der Waals surface area (Å²) < 4.78 is 0. The van der Waals surface area contributed by atoms with E-state index >= 15 is 0 Å². The summed E-state index contributed by atoms with van der Waals surface area (Å²) in [4.78, 5) is 35.9. The van der Waals surface area contributed by atoms with Crippen LogP contribution in [0.15, 0.2) is 79.1 Å². The van der Waals surface area contributed by atoms with Crippen LogP contribution in [0.4, 0.5) is 0 Å². The topological polar surface area (TPSA) is 118 Å². The van der Waals surface area contributed by atoms with Crippen LogP contribution >= 0.6 is 0 Å². The molecular weight excluding hydrogens is 566 g/mol. The fraction of sp³-hybridized carbons (Fsp3) is 0.472. The van der Waals surface area contributed by atoms with E-state index in [-0.39, 0.29) is 24.8 Å². The second kappa shape index (κ2) is 14.6. The van der Waals surface area contributed by atoms with Gasteiger partial charge in [0.25, 0.3) is 0 Å². The number of hydrogen-bond donors (Lipinski definition) is 4. The Bertz CT molecular complexity index is 1410. The molecule has 0 saturated carbocycles. The second-order valence-corrected chi connectivity index (χ2v) is 13.6. The number of amides is 2. The van der Waals surface area contributed by atoms with E-state index in [1.807, 2.05) is 93.7 Å². The number of aliphatic hydroxyl groups excluding tert-OH is 2. The highest BCUT2D eigenvalue weighted by molar-refractivity contribution is 5.83. The zero-order chi connectivity index (χ0) is 32.0. The average molecular weight is 614 g/mol. The highest BCUT2D eigenvalue weighted by Gasteiger charge is 2.37. The molecule has 1 fully saturated rings. The Morgan fingerprint density at radius 3 is 2.47 bits per heavy atom. The zero-order valence-electron chi connectivity index (χ0n) is 26.6. The molecule has 9 heteroatoms. The second-order valence-electron chi connectivity index (χ2n) is 13.6. The Morgan fingerprint density at radius 1 is 1.00 bits per heavy atom. The first-order valence-electron chi connectivity index (χ1n) is 16.0. The van der Waals surface area contributed by atoms with Gasteiger partial charge in [-0.25, -0.2) is 0 Å². The predicted octanol–water partition coefficient (Wildman–Crippen LogP) is 2.87. The smallest absolute Gasteiger partial charge is 0.239 e. The lowest BCUT2D eigenvalue weighted by Crippen LogP contribution is -2.61. The van der Waals surface area contributed by atoms with Crippen molar-refractivity contribution in [1.29, 1.82) is 0 Å². The number of piperazine rings is 1. The molecule has 2 amide bonds. The quantitative estimate of drug-likeness (QED) is 0.263. The van der Waals surface area contributed by atoms with Gasteiger partial charge in [-0.3, -0.25) is 24.4 Å². The molecule has 9 nitrogen and oxygen atoms in total. The van der Waals surface area contributed by atoms with Crippen LogP contribution in [0.25, 0.3) is 0 Å². The van der Waals surface area contributed by atoms with Crippen molar-refractivity contribution in [1.82, 2.24) is 25.4 Å². The third-order valence-electron chi connectivity index (χ3n) is 8.70. The molecule has 0 bridgehead atoms. The monoisotopic (exact) mass is 613 g/mol. The van der Waals surface area contributed by atoms with E-state index in [1.165, 1.54) is 0 Å². The summed E-state index contributed by atoms with van der Waals surface area (Å²) in [5.41, 5.74) is 3.68. The Labute approximate surface area is 266 Å². The van der Waals surface area contributed by atoms with E-state index in [0.717, 1.165) is 28.8 Å². The number of rotatable bonds is 11. The first-order valence-corrected chi connectivity index (χ1v) is 16.0. The number of benzene rings is 2. The van der Waals surface area contributed by atoms with E-state index in [4.69, 9.17) is 0 Å². The fourth-order valence-corrected chi connectivity index (χ4v) is 6.56. The number of carbonyl (C=O) groups excluding carboxylic acids is 2. The van der Waals surface area contributed by atoms with Gasteiger partial charge < -0.3 is 20.8 Å². The summed E-state index contributed by atoms with van der Waals surface area (Å²) in [7, 11) is 0. The van der Waals surface area contributed by atoms with Crippen LogP contribution in [-0.2, 0) is 29.0 Å². The van der Waals surface area contributed by atoms with Gasteiger partial charge in [0.2, 0.25) is 11.8 Å². The maximum absolute atomic E-state index is 13.8.